The van der Waals surface area contributed by atoms with Crippen LogP contribution in [0.1, 0.15) is 60.5 Å². The summed E-state index contributed by atoms with van der Waals surface area (Å²) in [5.41, 5.74) is 5.02. The van der Waals surface area contributed by atoms with Crippen molar-refractivity contribution in [3.63, 3.8) is 0 Å². The smallest absolute Gasteiger partial charge is 0.337 e. The summed E-state index contributed by atoms with van der Waals surface area (Å²) in [6.07, 6.45) is 4.99. The summed E-state index contributed by atoms with van der Waals surface area (Å²) < 4.78 is 0. The SMILES string of the molecule is C=C1CC=Cc2c1c(Cc1ccccc1)c(Cc1ccccc1)c(C(=O)O)c2C(=O)O. The highest BCUT2D eigenvalue weighted by molar-refractivity contribution is 6.08. The maximum Gasteiger partial charge on any atom is 0.337 e. The van der Waals surface area contributed by atoms with Gasteiger partial charge in [-0.05, 0) is 58.2 Å². The van der Waals surface area contributed by atoms with E-state index in [9.17, 15) is 19.8 Å². The summed E-state index contributed by atoms with van der Waals surface area (Å²) in [7, 11) is 0. The van der Waals surface area contributed by atoms with Gasteiger partial charge in [-0.1, -0.05) is 79.4 Å². The monoisotopic (exact) mass is 410 g/mol. The van der Waals surface area contributed by atoms with Crippen molar-refractivity contribution >= 4 is 23.6 Å². The van der Waals surface area contributed by atoms with Crippen LogP contribution < -0.4 is 0 Å². The maximum atomic E-state index is 12.4. The Hall–Kier alpha value is -3.92. The van der Waals surface area contributed by atoms with Crippen LogP contribution in [0.5, 0.6) is 0 Å². The van der Waals surface area contributed by atoms with Gasteiger partial charge in [0.15, 0.2) is 0 Å². The van der Waals surface area contributed by atoms with Crippen molar-refractivity contribution in [2.75, 3.05) is 0 Å². The minimum absolute atomic E-state index is 0.139. The lowest BCUT2D eigenvalue weighted by molar-refractivity contribution is 0.0650. The van der Waals surface area contributed by atoms with E-state index in [0.29, 0.717) is 30.4 Å². The molecule has 0 radical (unpaired) electrons. The third kappa shape index (κ3) is 3.92. The fourth-order valence-electron chi connectivity index (χ4n) is 4.31. The van der Waals surface area contributed by atoms with Gasteiger partial charge < -0.3 is 10.2 Å². The molecule has 4 nitrogen and oxygen atoms in total. The van der Waals surface area contributed by atoms with Gasteiger partial charge in [0, 0.05) is 0 Å². The van der Waals surface area contributed by atoms with Gasteiger partial charge in [-0.25, -0.2) is 9.59 Å². The molecule has 1 aliphatic rings. The Balaban J connectivity index is 2.08. The van der Waals surface area contributed by atoms with Crippen molar-refractivity contribution in [3.05, 3.63) is 118 Å². The van der Waals surface area contributed by atoms with Crippen molar-refractivity contribution in [2.45, 2.75) is 19.3 Å². The zero-order valence-electron chi connectivity index (χ0n) is 17.0. The first-order chi connectivity index (χ1) is 15.0. The van der Waals surface area contributed by atoms with Crippen LogP contribution in [0.3, 0.4) is 0 Å². The quantitative estimate of drug-likeness (QED) is 0.547. The summed E-state index contributed by atoms with van der Waals surface area (Å²) in [5, 5.41) is 20.1. The van der Waals surface area contributed by atoms with Crippen LogP contribution in [-0.4, -0.2) is 22.2 Å². The number of allylic oxidation sites excluding steroid dienone is 2. The number of benzene rings is 3. The largest absolute Gasteiger partial charge is 0.478 e. The second kappa shape index (κ2) is 8.44. The van der Waals surface area contributed by atoms with Gasteiger partial charge in [0.1, 0.15) is 0 Å². The number of carboxylic acid groups (broad SMARTS) is 2. The Bertz CT molecular complexity index is 1210. The Morgan fingerprint density at radius 1 is 0.774 bits per heavy atom. The van der Waals surface area contributed by atoms with Gasteiger partial charge in [0.25, 0.3) is 0 Å². The minimum Gasteiger partial charge on any atom is -0.478 e. The lowest BCUT2D eigenvalue weighted by Crippen LogP contribution is -2.20. The summed E-state index contributed by atoms with van der Waals surface area (Å²) >= 11 is 0. The number of fused-ring (bicyclic) bond motifs is 1. The van der Waals surface area contributed by atoms with E-state index >= 15 is 0 Å². The van der Waals surface area contributed by atoms with Crippen molar-refractivity contribution in [1.29, 1.82) is 0 Å². The Morgan fingerprint density at radius 2 is 1.29 bits per heavy atom. The van der Waals surface area contributed by atoms with E-state index in [1.54, 1.807) is 6.08 Å². The van der Waals surface area contributed by atoms with Gasteiger partial charge in [-0.2, -0.15) is 0 Å². The summed E-state index contributed by atoms with van der Waals surface area (Å²) in [5.74, 6) is -2.47. The molecular formula is C27H22O4. The molecule has 3 aromatic carbocycles. The molecule has 0 saturated heterocycles. The lowest BCUT2D eigenvalue weighted by atomic mass is 9.77. The molecule has 0 saturated carbocycles. The van der Waals surface area contributed by atoms with E-state index in [1.165, 1.54) is 0 Å². The highest BCUT2D eigenvalue weighted by atomic mass is 16.4. The first kappa shape index (κ1) is 20.4. The molecule has 31 heavy (non-hydrogen) atoms. The number of hydrogen-bond donors (Lipinski definition) is 2. The molecule has 0 spiro atoms. The first-order valence-electron chi connectivity index (χ1n) is 10.1. The molecule has 154 valence electrons. The zero-order chi connectivity index (χ0) is 22.0. The fraction of sp³-hybridized carbons (Fsp3) is 0.111. The highest BCUT2D eigenvalue weighted by Gasteiger charge is 2.31. The average molecular weight is 410 g/mol. The standard InChI is InChI=1S/C27H22O4/c1-17-9-8-14-20-23(17)21(15-18-10-4-2-5-11-18)22(16-19-12-6-3-7-13-19)25(27(30)31)24(20)26(28)29/h2-8,10-14H,1,9,15-16H2,(H,28,29)(H,30,31). The topological polar surface area (TPSA) is 74.6 Å². The molecule has 2 N–H and O–H groups in total. The summed E-state index contributed by atoms with van der Waals surface area (Å²) in [6.45, 7) is 4.19. The molecule has 0 unspecified atom stereocenters. The predicted molar refractivity (Wildman–Crippen MR) is 122 cm³/mol. The molecule has 3 aromatic rings. The molecule has 4 rings (SSSR count). The van der Waals surface area contributed by atoms with Crippen molar-refractivity contribution in [1.82, 2.24) is 0 Å². The highest BCUT2D eigenvalue weighted by Crippen LogP contribution is 2.39. The van der Waals surface area contributed by atoms with E-state index in [1.807, 2.05) is 66.7 Å². The van der Waals surface area contributed by atoms with Crippen LogP contribution in [-0.2, 0) is 12.8 Å². The van der Waals surface area contributed by atoms with Crippen LogP contribution in [0.4, 0.5) is 0 Å². The molecule has 0 amide bonds. The zero-order valence-corrected chi connectivity index (χ0v) is 17.0. The molecule has 0 heterocycles. The van der Waals surface area contributed by atoms with E-state index in [0.717, 1.165) is 27.8 Å². The molecule has 0 aromatic heterocycles. The molecular weight excluding hydrogens is 388 g/mol. The van der Waals surface area contributed by atoms with Crippen molar-refractivity contribution in [2.24, 2.45) is 0 Å². The van der Waals surface area contributed by atoms with Crippen molar-refractivity contribution < 1.29 is 19.8 Å². The number of hydrogen-bond acceptors (Lipinski definition) is 2. The van der Waals surface area contributed by atoms with Gasteiger partial charge >= 0.3 is 11.9 Å². The third-order valence-corrected chi connectivity index (χ3v) is 5.63. The van der Waals surface area contributed by atoms with Gasteiger partial charge in [-0.15, -0.1) is 0 Å². The van der Waals surface area contributed by atoms with E-state index in [2.05, 4.69) is 6.58 Å². The molecule has 0 fully saturated rings. The average Bonchev–Trinajstić information content (AvgIpc) is 2.76. The van der Waals surface area contributed by atoms with Crippen molar-refractivity contribution in [3.8, 4) is 0 Å². The third-order valence-electron chi connectivity index (χ3n) is 5.63. The Kier molecular flexibility index (Phi) is 5.54. The van der Waals surface area contributed by atoms with E-state index < -0.39 is 11.9 Å². The minimum atomic E-state index is -1.24. The molecule has 0 atom stereocenters. The normalized spacial score (nSPS) is 12.5. The van der Waals surface area contributed by atoms with Gasteiger partial charge in [-0.3, -0.25) is 0 Å². The second-order valence-corrected chi connectivity index (χ2v) is 7.64. The maximum absolute atomic E-state index is 12.4. The van der Waals surface area contributed by atoms with Gasteiger partial charge in [0.05, 0.1) is 11.1 Å². The van der Waals surface area contributed by atoms with Gasteiger partial charge in [0.2, 0.25) is 0 Å². The van der Waals surface area contributed by atoms with E-state index in [4.69, 9.17) is 0 Å². The molecule has 0 bridgehead atoms. The van der Waals surface area contributed by atoms with Crippen LogP contribution >= 0.6 is 0 Å². The Labute approximate surface area is 180 Å². The number of aromatic carboxylic acids is 2. The number of carbonyl (C=O) groups is 2. The summed E-state index contributed by atoms with van der Waals surface area (Å²) in [4.78, 5) is 24.7. The number of rotatable bonds is 6. The number of carboxylic acids is 2. The molecule has 4 heteroatoms. The fourth-order valence-corrected chi connectivity index (χ4v) is 4.31. The predicted octanol–water partition coefficient (Wildman–Crippen LogP) is 5.69. The lowest BCUT2D eigenvalue weighted by Gasteiger charge is -2.26. The Morgan fingerprint density at radius 3 is 1.81 bits per heavy atom. The van der Waals surface area contributed by atoms with E-state index in [-0.39, 0.29) is 11.1 Å². The van der Waals surface area contributed by atoms with Crippen LogP contribution in [0, 0.1) is 0 Å². The summed E-state index contributed by atoms with van der Waals surface area (Å²) in [6, 6.07) is 19.3. The molecule has 1 aliphatic carbocycles. The van der Waals surface area contributed by atoms with Crippen LogP contribution in [0.2, 0.25) is 0 Å². The van der Waals surface area contributed by atoms with Crippen LogP contribution in [0.15, 0.2) is 73.3 Å². The molecule has 0 aliphatic heterocycles. The first-order valence-corrected chi connectivity index (χ1v) is 10.1. The van der Waals surface area contributed by atoms with Crippen LogP contribution in [0.25, 0.3) is 11.6 Å². The second-order valence-electron chi connectivity index (χ2n) is 7.64.